The average Bonchev–Trinajstić information content (AvgIpc) is 2.52. The minimum absolute atomic E-state index is 0.147. The first-order valence-corrected chi connectivity index (χ1v) is 8.12. The average molecular weight is 309 g/mol. The van der Waals surface area contributed by atoms with Gasteiger partial charge >= 0.3 is 0 Å². The van der Waals surface area contributed by atoms with Crippen molar-refractivity contribution in [2.45, 2.75) is 58.9 Å². The highest BCUT2D eigenvalue weighted by molar-refractivity contribution is 5.27. The van der Waals surface area contributed by atoms with Crippen molar-refractivity contribution >= 4 is 0 Å². The van der Waals surface area contributed by atoms with Crippen LogP contribution in [0.3, 0.4) is 0 Å². The zero-order valence-electron chi connectivity index (χ0n) is 14.6. The van der Waals surface area contributed by atoms with E-state index in [4.69, 9.17) is 9.47 Å². The standard InChI is InChI=1S/C18H31NO3/c1-6-15(4)19(12-17(20)13-22-14(2)3)11-16-7-9-18(21-5)10-8-16/h7-10,14-15,17,20H,6,11-13H2,1-5H3/t15-,17+/m0/s1. The van der Waals surface area contributed by atoms with E-state index < -0.39 is 6.10 Å². The Labute approximate surface area is 135 Å². The molecule has 1 aromatic carbocycles. The number of ether oxygens (including phenoxy) is 2. The molecule has 22 heavy (non-hydrogen) atoms. The monoisotopic (exact) mass is 309 g/mol. The maximum atomic E-state index is 10.2. The van der Waals surface area contributed by atoms with Crippen LogP contribution >= 0.6 is 0 Å². The molecule has 4 nitrogen and oxygen atoms in total. The summed E-state index contributed by atoms with van der Waals surface area (Å²) < 4.78 is 10.7. The Bertz CT molecular complexity index is 405. The molecular formula is C18H31NO3. The molecule has 0 bridgehead atoms. The fraction of sp³-hybridized carbons (Fsp3) is 0.667. The molecule has 0 radical (unpaired) electrons. The van der Waals surface area contributed by atoms with Crippen LogP contribution in [0.25, 0.3) is 0 Å². The molecule has 0 aliphatic rings. The number of rotatable bonds is 10. The zero-order chi connectivity index (χ0) is 16.5. The quantitative estimate of drug-likeness (QED) is 0.721. The van der Waals surface area contributed by atoms with Crippen LogP contribution in [0.1, 0.15) is 39.7 Å². The molecule has 0 fully saturated rings. The van der Waals surface area contributed by atoms with Crippen molar-refractivity contribution in [3.05, 3.63) is 29.8 Å². The number of aliphatic hydroxyl groups excluding tert-OH is 1. The summed E-state index contributed by atoms with van der Waals surface area (Å²) in [6, 6.07) is 8.51. The summed E-state index contributed by atoms with van der Waals surface area (Å²) >= 11 is 0. The van der Waals surface area contributed by atoms with Crippen LogP contribution in [0.4, 0.5) is 0 Å². The first-order chi connectivity index (χ1) is 10.5. The van der Waals surface area contributed by atoms with Crippen molar-refractivity contribution in [2.75, 3.05) is 20.3 Å². The Morgan fingerprint density at radius 2 is 1.77 bits per heavy atom. The highest BCUT2D eigenvalue weighted by Gasteiger charge is 2.17. The van der Waals surface area contributed by atoms with E-state index in [2.05, 4.69) is 30.9 Å². The van der Waals surface area contributed by atoms with Gasteiger partial charge in [0.05, 0.1) is 25.9 Å². The molecule has 0 amide bonds. The van der Waals surface area contributed by atoms with E-state index in [1.165, 1.54) is 5.56 Å². The first kappa shape index (κ1) is 18.9. The van der Waals surface area contributed by atoms with Crippen LogP contribution in [0.15, 0.2) is 24.3 Å². The lowest BCUT2D eigenvalue weighted by Crippen LogP contribution is -2.40. The van der Waals surface area contributed by atoms with Gasteiger partial charge < -0.3 is 14.6 Å². The summed E-state index contributed by atoms with van der Waals surface area (Å²) in [5.41, 5.74) is 1.22. The summed E-state index contributed by atoms with van der Waals surface area (Å²) in [5.74, 6) is 0.865. The van der Waals surface area contributed by atoms with E-state index in [0.29, 0.717) is 19.2 Å². The second kappa shape index (κ2) is 9.82. The van der Waals surface area contributed by atoms with Crippen molar-refractivity contribution in [3.63, 3.8) is 0 Å². The van der Waals surface area contributed by atoms with Crippen LogP contribution in [0.5, 0.6) is 5.75 Å². The van der Waals surface area contributed by atoms with Gasteiger partial charge in [0, 0.05) is 19.1 Å². The van der Waals surface area contributed by atoms with Crippen molar-refractivity contribution in [1.82, 2.24) is 4.90 Å². The molecule has 0 spiro atoms. The van der Waals surface area contributed by atoms with Crippen LogP contribution in [-0.2, 0) is 11.3 Å². The molecule has 0 saturated heterocycles. The number of hydrogen-bond donors (Lipinski definition) is 1. The highest BCUT2D eigenvalue weighted by atomic mass is 16.5. The van der Waals surface area contributed by atoms with Gasteiger partial charge in [-0.05, 0) is 44.9 Å². The Kier molecular flexibility index (Phi) is 8.46. The van der Waals surface area contributed by atoms with Crippen molar-refractivity contribution in [2.24, 2.45) is 0 Å². The predicted octanol–water partition coefficient (Wildman–Crippen LogP) is 3.08. The van der Waals surface area contributed by atoms with Crippen LogP contribution in [0.2, 0.25) is 0 Å². The zero-order valence-corrected chi connectivity index (χ0v) is 14.6. The van der Waals surface area contributed by atoms with E-state index in [0.717, 1.165) is 18.7 Å². The van der Waals surface area contributed by atoms with E-state index in [1.807, 2.05) is 26.0 Å². The topological polar surface area (TPSA) is 41.9 Å². The maximum Gasteiger partial charge on any atom is 0.118 e. The van der Waals surface area contributed by atoms with Gasteiger partial charge in [0.15, 0.2) is 0 Å². The molecule has 1 aromatic rings. The lowest BCUT2D eigenvalue weighted by Gasteiger charge is -2.30. The lowest BCUT2D eigenvalue weighted by atomic mass is 10.1. The summed E-state index contributed by atoms with van der Waals surface area (Å²) in [4.78, 5) is 2.30. The number of benzene rings is 1. The van der Waals surface area contributed by atoms with E-state index in [-0.39, 0.29) is 6.10 Å². The summed E-state index contributed by atoms with van der Waals surface area (Å²) in [5, 5.41) is 10.2. The molecule has 0 aromatic heterocycles. The third kappa shape index (κ3) is 6.77. The molecule has 0 saturated carbocycles. The predicted molar refractivity (Wildman–Crippen MR) is 90.3 cm³/mol. The van der Waals surface area contributed by atoms with Gasteiger partial charge in [0.1, 0.15) is 5.75 Å². The lowest BCUT2D eigenvalue weighted by molar-refractivity contribution is -0.0149. The number of aliphatic hydroxyl groups is 1. The fourth-order valence-corrected chi connectivity index (χ4v) is 2.25. The number of hydrogen-bond acceptors (Lipinski definition) is 4. The van der Waals surface area contributed by atoms with Crippen LogP contribution < -0.4 is 4.74 Å². The summed E-state index contributed by atoms with van der Waals surface area (Å²) in [6.45, 7) is 10.1. The first-order valence-electron chi connectivity index (χ1n) is 8.12. The van der Waals surface area contributed by atoms with Crippen molar-refractivity contribution in [1.29, 1.82) is 0 Å². The van der Waals surface area contributed by atoms with Gasteiger partial charge in [0.25, 0.3) is 0 Å². The maximum absolute atomic E-state index is 10.2. The van der Waals surface area contributed by atoms with Gasteiger partial charge in [-0.3, -0.25) is 4.90 Å². The second-order valence-corrected chi connectivity index (χ2v) is 6.07. The van der Waals surface area contributed by atoms with Crippen LogP contribution in [-0.4, -0.2) is 48.5 Å². The Morgan fingerprint density at radius 1 is 1.14 bits per heavy atom. The summed E-state index contributed by atoms with van der Waals surface area (Å²) in [7, 11) is 1.67. The smallest absolute Gasteiger partial charge is 0.118 e. The van der Waals surface area contributed by atoms with Crippen molar-refractivity contribution in [3.8, 4) is 5.75 Å². The Morgan fingerprint density at radius 3 is 2.27 bits per heavy atom. The number of methoxy groups -OCH3 is 1. The molecule has 0 aliphatic carbocycles. The molecule has 126 valence electrons. The SMILES string of the molecule is CC[C@H](C)N(Cc1ccc(OC)cc1)C[C@@H](O)COC(C)C. The second-order valence-electron chi connectivity index (χ2n) is 6.07. The Hall–Kier alpha value is -1.10. The molecule has 4 heteroatoms. The molecule has 0 aliphatic heterocycles. The molecule has 0 unspecified atom stereocenters. The Balaban J connectivity index is 2.63. The third-order valence-electron chi connectivity index (χ3n) is 3.83. The molecular weight excluding hydrogens is 278 g/mol. The summed E-state index contributed by atoms with van der Waals surface area (Å²) in [6.07, 6.45) is 0.733. The van der Waals surface area contributed by atoms with Gasteiger partial charge in [-0.2, -0.15) is 0 Å². The highest BCUT2D eigenvalue weighted by Crippen LogP contribution is 2.15. The van der Waals surface area contributed by atoms with Crippen molar-refractivity contribution < 1.29 is 14.6 Å². The van der Waals surface area contributed by atoms with E-state index in [1.54, 1.807) is 7.11 Å². The molecule has 1 rings (SSSR count). The molecule has 2 atom stereocenters. The van der Waals surface area contributed by atoms with E-state index in [9.17, 15) is 5.11 Å². The normalized spacial score (nSPS) is 14.4. The third-order valence-corrected chi connectivity index (χ3v) is 3.83. The number of nitrogens with zero attached hydrogens (tertiary/aromatic N) is 1. The fourth-order valence-electron chi connectivity index (χ4n) is 2.25. The van der Waals surface area contributed by atoms with Gasteiger partial charge in [0.2, 0.25) is 0 Å². The van der Waals surface area contributed by atoms with Crippen LogP contribution in [0, 0.1) is 0 Å². The van der Waals surface area contributed by atoms with Gasteiger partial charge in [-0.1, -0.05) is 19.1 Å². The van der Waals surface area contributed by atoms with Gasteiger partial charge in [-0.15, -0.1) is 0 Å². The minimum atomic E-state index is -0.463. The largest absolute Gasteiger partial charge is 0.497 e. The van der Waals surface area contributed by atoms with Gasteiger partial charge in [-0.25, -0.2) is 0 Å². The molecule has 1 N–H and O–H groups in total. The molecule has 0 heterocycles. The minimum Gasteiger partial charge on any atom is -0.497 e. The van der Waals surface area contributed by atoms with E-state index >= 15 is 0 Å².